The first-order valence-electron chi connectivity index (χ1n) is 5.22. The molecule has 1 aromatic carbocycles. The van der Waals surface area contributed by atoms with E-state index in [1.165, 1.54) is 4.90 Å². The van der Waals surface area contributed by atoms with E-state index in [9.17, 15) is 4.79 Å². The van der Waals surface area contributed by atoms with Crippen LogP contribution in [0.25, 0.3) is 0 Å². The highest BCUT2D eigenvalue weighted by molar-refractivity contribution is 7.98. The van der Waals surface area contributed by atoms with E-state index in [2.05, 4.69) is 6.92 Å². The molecule has 0 saturated carbocycles. The maximum Gasteiger partial charge on any atom is 0.213 e. The molecule has 0 spiro atoms. The van der Waals surface area contributed by atoms with Gasteiger partial charge in [-0.2, -0.15) is 0 Å². The fraction of sp³-hybridized carbons (Fsp3) is 0.417. The summed E-state index contributed by atoms with van der Waals surface area (Å²) in [4.78, 5) is 13.4. The van der Waals surface area contributed by atoms with Gasteiger partial charge in [0.05, 0.1) is 12.3 Å². The molecule has 0 heterocycles. The highest BCUT2D eigenvalue weighted by Gasteiger charge is 2.08. The summed E-state index contributed by atoms with van der Waals surface area (Å²) in [6.07, 6.45) is 3.75. The molecule has 0 atom stereocenters. The zero-order valence-electron chi connectivity index (χ0n) is 9.90. The second-order valence-corrected chi connectivity index (χ2v) is 4.28. The molecule has 1 amide bonds. The van der Waals surface area contributed by atoms with E-state index < -0.39 is 0 Å². The van der Waals surface area contributed by atoms with E-state index in [-0.39, 0.29) is 0 Å². The zero-order chi connectivity index (χ0) is 12.0. The number of carbonyl (C=O) groups excluding carboxylic acids is 1. The molecule has 0 unspecified atom stereocenters. The Hall–Kier alpha value is -1.16. The molecule has 0 aliphatic carbocycles. The average Bonchev–Trinajstić information content (AvgIpc) is 2.35. The lowest BCUT2D eigenvalue weighted by Crippen LogP contribution is -2.15. The van der Waals surface area contributed by atoms with Crippen molar-refractivity contribution < 1.29 is 9.53 Å². The third kappa shape index (κ3) is 3.17. The Morgan fingerprint density at radius 2 is 2.25 bits per heavy atom. The van der Waals surface area contributed by atoms with Gasteiger partial charge in [-0.3, -0.25) is 4.79 Å². The van der Waals surface area contributed by atoms with Crippen LogP contribution in [0.2, 0.25) is 0 Å². The van der Waals surface area contributed by atoms with Crippen molar-refractivity contribution >= 4 is 23.9 Å². The first-order valence-corrected chi connectivity index (χ1v) is 6.44. The van der Waals surface area contributed by atoms with Crippen molar-refractivity contribution in [1.82, 2.24) is 0 Å². The summed E-state index contributed by atoms with van der Waals surface area (Å²) in [5.41, 5.74) is 0.815. The molecular formula is C12H17NO2S. The fourth-order valence-electron chi connectivity index (χ4n) is 1.29. The summed E-state index contributed by atoms with van der Waals surface area (Å²) in [6.45, 7) is 2.72. The molecule has 0 fully saturated rings. The molecule has 0 bridgehead atoms. The monoisotopic (exact) mass is 239 g/mol. The Kier molecular flexibility index (Phi) is 5.19. The molecule has 1 aromatic rings. The summed E-state index contributed by atoms with van der Waals surface area (Å²) >= 11 is 1.65. The molecule has 0 saturated heterocycles. The van der Waals surface area contributed by atoms with Crippen molar-refractivity contribution in [3.63, 3.8) is 0 Å². The van der Waals surface area contributed by atoms with Crippen molar-refractivity contribution in [3.05, 3.63) is 18.2 Å². The van der Waals surface area contributed by atoms with E-state index in [0.29, 0.717) is 6.61 Å². The van der Waals surface area contributed by atoms with Gasteiger partial charge in [0.2, 0.25) is 6.41 Å². The number of hydrogen-bond donors (Lipinski definition) is 0. The van der Waals surface area contributed by atoms with Crippen molar-refractivity contribution in [2.75, 3.05) is 24.8 Å². The van der Waals surface area contributed by atoms with Crippen LogP contribution in [0.5, 0.6) is 5.75 Å². The normalized spacial score (nSPS) is 9.94. The van der Waals surface area contributed by atoms with Crippen molar-refractivity contribution in [1.29, 1.82) is 0 Å². The lowest BCUT2D eigenvalue weighted by Gasteiger charge is -2.17. The Labute approximate surface area is 101 Å². The first kappa shape index (κ1) is 12.9. The average molecular weight is 239 g/mol. The van der Waals surface area contributed by atoms with Crippen LogP contribution < -0.4 is 9.64 Å². The van der Waals surface area contributed by atoms with Gasteiger partial charge in [-0.1, -0.05) is 6.92 Å². The van der Waals surface area contributed by atoms with Gasteiger partial charge in [0, 0.05) is 11.9 Å². The quantitative estimate of drug-likeness (QED) is 0.564. The number of nitrogens with zero attached hydrogens (tertiary/aromatic N) is 1. The SMILES string of the molecule is CCCOc1ccc(SC)cc1N(C)C=O. The predicted molar refractivity (Wildman–Crippen MR) is 68.5 cm³/mol. The number of anilines is 1. The molecule has 0 aliphatic heterocycles. The summed E-state index contributed by atoms with van der Waals surface area (Å²) < 4.78 is 5.60. The van der Waals surface area contributed by atoms with Crippen LogP contribution in [-0.2, 0) is 4.79 Å². The Morgan fingerprint density at radius 3 is 2.81 bits per heavy atom. The van der Waals surface area contributed by atoms with Crippen LogP contribution in [0.3, 0.4) is 0 Å². The van der Waals surface area contributed by atoms with Gasteiger partial charge >= 0.3 is 0 Å². The fourth-order valence-corrected chi connectivity index (χ4v) is 1.72. The Bertz CT molecular complexity index is 355. The second-order valence-electron chi connectivity index (χ2n) is 3.40. The largest absolute Gasteiger partial charge is 0.491 e. The van der Waals surface area contributed by atoms with Gasteiger partial charge < -0.3 is 9.64 Å². The van der Waals surface area contributed by atoms with E-state index in [1.807, 2.05) is 24.5 Å². The number of hydrogen-bond acceptors (Lipinski definition) is 3. The number of ether oxygens (including phenoxy) is 1. The summed E-state index contributed by atoms with van der Waals surface area (Å²) in [6, 6.07) is 5.87. The van der Waals surface area contributed by atoms with E-state index in [1.54, 1.807) is 18.8 Å². The Morgan fingerprint density at radius 1 is 1.50 bits per heavy atom. The topological polar surface area (TPSA) is 29.5 Å². The molecule has 0 aliphatic rings. The molecule has 0 aromatic heterocycles. The van der Waals surface area contributed by atoms with Gasteiger partial charge in [-0.25, -0.2) is 0 Å². The van der Waals surface area contributed by atoms with E-state index in [4.69, 9.17) is 4.74 Å². The molecule has 0 N–H and O–H groups in total. The maximum absolute atomic E-state index is 10.8. The third-order valence-corrected chi connectivity index (χ3v) is 2.89. The third-order valence-electron chi connectivity index (χ3n) is 2.17. The molecular weight excluding hydrogens is 222 g/mol. The first-order chi connectivity index (χ1) is 7.72. The minimum Gasteiger partial charge on any atom is -0.491 e. The summed E-state index contributed by atoms with van der Waals surface area (Å²) in [5.74, 6) is 0.759. The lowest BCUT2D eigenvalue weighted by molar-refractivity contribution is -0.107. The van der Waals surface area contributed by atoms with Crippen LogP contribution in [0, 0.1) is 0 Å². The minimum absolute atomic E-state index is 0.665. The van der Waals surface area contributed by atoms with Gasteiger partial charge in [0.1, 0.15) is 5.75 Å². The highest BCUT2D eigenvalue weighted by atomic mass is 32.2. The lowest BCUT2D eigenvalue weighted by atomic mass is 10.3. The number of benzene rings is 1. The van der Waals surface area contributed by atoms with Crippen molar-refractivity contribution in [2.45, 2.75) is 18.2 Å². The van der Waals surface area contributed by atoms with Gasteiger partial charge in [-0.15, -0.1) is 11.8 Å². The molecule has 16 heavy (non-hydrogen) atoms. The number of rotatable bonds is 6. The predicted octanol–water partition coefficient (Wildman–Crippen LogP) is 2.79. The van der Waals surface area contributed by atoms with Crippen LogP contribution in [0.1, 0.15) is 13.3 Å². The van der Waals surface area contributed by atoms with Crippen LogP contribution in [0.4, 0.5) is 5.69 Å². The van der Waals surface area contributed by atoms with Crippen LogP contribution in [0.15, 0.2) is 23.1 Å². The van der Waals surface area contributed by atoms with Gasteiger partial charge in [-0.05, 0) is 30.9 Å². The molecule has 3 nitrogen and oxygen atoms in total. The van der Waals surface area contributed by atoms with Crippen molar-refractivity contribution in [3.8, 4) is 5.75 Å². The van der Waals surface area contributed by atoms with Gasteiger partial charge in [0.15, 0.2) is 0 Å². The Balaban J connectivity index is 3.00. The standard InChI is InChI=1S/C12H17NO2S/c1-4-7-15-12-6-5-10(16-3)8-11(12)13(2)9-14/h5-6,8-9H,4,7H2,1-3H3. The number of amides is 1. The maximum atomic E-state index is 10.8. The van der Waals surface area contributed by atoms with E-state index >= 15 is 0 Å². The van der Waals surface area contributed by atoms with Crippen molar-refractivity contribution in [2.24, 2.45) is 0 Å². The highest BCUT2D eigenvalue weighted by Crippen LogP contribution is 2.31. The smallest absolute Gasteiger partial charge is 0.213 e. The molecule has 0 radical (unpaired) electrons. The van der Waals surface area contributed by atoms with Crippen LogP contribution >= 0.6 is 11.8 Å². The summed E-state index contributed by atoms with van der Waals surface area (Å²) in [7, 11) is 1.73. The minimum atomic E-state index is 0.665. The molecule has 1 rings (SSSR count). The zero-order valence-corrected chi connectivity index (χ0v) is 10.7. The number of carbonyl (C=O) groups is 1. The van der Waals surface area contributed by atoms with Crippen LogP contribution in [-0.4, -0.2) is 26.3 Å². The molecule has 4 heteroatoms. The molecule has 88 valence electrons. The van der Waals surface area contributed by atoms with E-state index in [0.717, 1.165) is 29.2 Å². The number of thioether (sulfide) groups is 1. The summed E-state index contributed by atoms with van der Waals surface area (Å²) in [5, 5.41) is 0. The second kappa shape index (κ2) is 6.43. The van der Waals surface area contributed by atoms with Gasteiger partial charge in [0.25, 0.3) is 0 Å².